The van der Waals surface area contributed by atoms with Gasteiger partial charge in [-0.3, -0.25) is 15.2 Å². The standard InChI is InChI=1S/C15H11N3O3/c16-18-14(19)12-8-17-6-5-10(12)11-7-9-3-1-2-4-13(9)21-15(11)20/h1-8H,16H2,(H,18,19). The maximum atomic E-state index is 12.1. The molecule has 0 spiro atoms. The molecule has 2 heterocycles. The van der Waals surface area contributed by atoms with Crippen molar-refractivity contribution in [2.45, 2.75) is 0 Å². The van der Waals surface area contributed by atoms with Gasteiger partial charge in [-0.05, 0) is 18.2 Å². The van der Waals surface area contributed by atoms with E-state index in [4.69, 9.17) is 10.3 Å². The van der Waals surface area contributed by atoms with Crippen molar-refractivity contribution in [3.63, 3.8) is 0 Å². The quantitative estimate of drug-likeness (QED) is 0.321. The summed E-state index contributed by atoms with van der Waals surface area (Å²) in [7, 11) is 0. The van der Waals surface area contributed by atoms with E-state index in [1.807, 2.05) is 17.6 Å². The molecule has 0 aliphatic carbocycles. The maximum Gasteiger partial charge on any atom is 0.344 e. The van der Waals surface area contributed by atoms with Crippen molar-refractivity contribution in [3.05, 3.63) is 64.8 Å². The van der Waals surface area contributed by atoms with Gasteiger partial charge in [0, 0.05) is 23.3 Å². The number of hydrogen-bond acceptors (Lipinski definition) is 5. The van der Waals surface area contributed by atoms with Crippen LogP contribution in [0.25, 0.3) is 22.1 Å². The molecule has 2 aromatic heterocycles. The van der Waals surface area contributed by atoms with Crippen LogP contribution < -0.4 is 16.9 Å². The molecule has 0 atom stereocenters. The van der Waals surface area contributed by atoms with Gasteiger partial charge in [-0.2, -0.15) is 0 Å². The summed E-state index contributed by atoms with van der Waals surface area (Å²) in [6.45, 7) is 0. The van der Waals surface area contributed by atoms with Gasteiger partial charge in [0.2, 0.25) is 0 Å². The number of pyridine rings is 1. The molecule has 6 heteroatoms. The van der Waals surface area contributed by atoms with Crippen LogP contribution in [-0.4, -0.2) is 10.9 Å². The number of para-hydroxylation sites is 1. The van der Waals surface area contributed by atoms with Crippen LogP contribution in [0.4, 0.5) is 0 Å². The Bertz CT molecular complexity index is 886. The molecular weight excluding hydrogens is 270 g/mol. The van der Waals surface area contributed by atoms with Crippen LogP contribution in [0, 0.1) is 0 Å². The molecule has 104 valence electrons. The molecule has 0 radical (unpaired) electrons. The Morgan fingerprint density at radius 1 is 1.19 bits per heavy atom. The third-order valence-corrected chi connectivity index (χ3v) is 3.13. The molecule has 1 aromatic carbocycles. The number of nitrogens with two attached hydrogens (primary N) is 1. The zero-order valence-corrected chi connectivity index (χ0v) is 10.9. The minimum absolute atomic E-state index is 0.211. The van der Waals surface area contributed by atoms with Gasteiger partial charge >= 0.3 is 5.63 Å². The number of aromatic nitrogens is 1. The van der Waals surface area contributed by atoms with E-state index in [9.17, 15) is 9.59 Å². The number of carbonyl (C=O) groups excluding carboxylic acids is 1. The number of fused-ring (bicyclic) bond motifs is 1. The molecule has 0 saturated heterocycles. The van der Waals surface area contributed by atoms with E-state index in [1.54, 1.807) is 24.3 Å². The first-order valence-corrected chi connectivity index (χ1v) is 6.19. The van der Waals surface area contributed by atoms with E-state index >= 15 is 0 Å². The number of carbonyl (C=O) groups is 1. The lowest BCUT2D eigenvalue weighted by molar-refractivity contribution is 0.0954. The third kappa shape index (κ3) is 2.28. The van der Waals surface area contributed by atoms with Gasteiger partial charge in [-0.15, -0.1) is 0 Å². The average molecular weight is 281 g/mol. The Balaban J connectivity index is 2.28. The number of nitrogens with zero attached hydrogens (tertiary/aromatic N) is 1. The van der Waals surface area contributed by atoms with Crippen molar-refractivity contribution >= 4 is 16.9 Å². The Labute approximate surface area is 119 Å². The highest BCUT2D eigenvalue weighted by atomic mass is 16.4. The first-order valence-electron chi connectivity index (χ1n) is 6.19. The summed E-state index contributed by atoms with van der Waals surface area (Å²) >= 11 is 0. The van der Waals surface area contributed by atoms with Crippen LogP contribution >= 0.6 is 0 Å². The van der Waals surface area contributed by atoms with Crippen LogP contribution in [0.5, 0.6) is 0 Å². The first-order chi connectivity index (χ1) is 10.2. The van der Waals surface area contributed by atoms with Crippen LogP contribution in [0.3, 0.4) is 0 Å². The Morgan fingerprint density at radius 2 is 2.00 bits per heavy atom. The number of benzene rings is 1. The monoisotopic (exact) mass is 281 g/mol. The number of hydrazine groups is 1. The Hall–Kier alpha value is -2.99. The van der Waals surface area contributed by atoms with Crippen molar-refractivity contribution in [2.75, 3.05) is 0 Å². The summed E-state index contributed by atoms with van der Waals surface area (Å²) in [6, 6.07) is 10.4. The number of hydrogen-bond donors (Lipinski definition) is 2. The maximum absolute atomic E-state index is 12.1. The predicted octanol–water partition coefficient (Wildman–Crippen LogP) is 1.46. The number of amides is 1. The summed E-state index contributed by atoms with van der Waals surface area (Å²) in [5.41, 5.74) is 2.93. The zero-order valence-electron chi connectivity index (χ0n) is 10.9. The summed E-state index contributed by atoms with van der Waals surface area (Å²) in [6.07, 6.45) is 2.85. The molecular formula is C15H11N3O3. The predicted molar refractivity (Wildman–Crippen MR) is 77.4 cm³/mol. The molecule has 0 fully saturated rings. The minimum Gasteiger partial charge on any atom is -0.422 e. The van der Waals surface area contributed by atoms with Gasteiger partial charge in [-0.25, -0.2) is 10.6 Å². The molecule has 3 rings (SSSR count). The fourth-order valence-electron chi connectivity index (χ4n) is 2.14. The first kappa shape index (κ1) is 13.0. The number of nitrogens with one attached hydrogen (secondary N) is 1. The van der Waals surface area contributed by atoms with E-state index in [2.05, 4.69) is 4.98 Å². The van der Waals surface area contributed by atoms with Crippen molar-refractivity contribution < 1.29 is 9.21 Å². The molecule has 0 aliphatic rings. The van der Waals surface area contributed by atoms with E-state index in [-0.39, 0.29) is 11.1 Å². The van der Waals surface area contributed by atoms with Gasteiger partial charge in [0.15, 0.2) is 0 Å². The van der Waals surface area contributed by atoms with Crippen molar-refractivity contribution in [2.24, 2.45) is 5.84 Å². The van der Waals surface area contributed by atoms with E-state index < -0.39 is 11.5 Å². The summed E-state index contributed by atoms with van der Waals surface area (Å²) in [5, 5.41) is 0.767. The van der Waals surface area contributed by atoms with E-state index in [0.29, 0.717) is 11.1 Å². The number of nitrogen functional groups attached to an aromatic ring is 1. The van der Waals surface area contributed by atoms with Gasteiger partial charge in [0.1, 0.15) is 5.58 Å². The Morgan fingerprint density at radius 3 is 2.81 bits per heavy atom. The second-order valence-electron chi connectivity index (χ2n) is 4.38. The van der Waals surface area contributed by atoms with Crippen LogP contribution in [-0.2, 0) is 0 Å². The fraction of sp³-hybridized carbons (Fsp3) is 0. The minimum atomic E-state index is -0.523. The molecule has 0 bridgehead atoms. The lowest BCUT2D eigenvalue weighted by atomic mass is 10.0. The topological polar surface area (TPSA) is 98.2 Å². The third-order valence-electron chi connectivity index (χ3n) is 3.13. The lowest BCUT2D eigenvalue weighted by Crippen LogP contribution is -2.30. The largest absolute Gasteiger partial charge is 0.422 e. The second-order valence-corrected chi connectivity index (χ2v) is 4.38. The highest BCUT2D eigenvalue weighted by Gasteiger charge is 2.16. The van der Waals surface area contributed by atoms with Crippen LogP contribution in [0.1, 0.15) is 10.4 Å². The van der Waals surface area contributed by atoms with Gasteiger partial charge in [0.05, 0.1) is 11.1 Å². The van der Waals surface area contributed by atoms with Crippen molar-refractivity contribution in [1.82, 2.24) is 10.4 Å². The smallest absolute Gasteiger partial charge is 0.344 e. The molecule has 6 nitrogen and oxygen atoms in total. The highest BCUT2D eigenvalue weighted by molar-refractivity contribution is 6.00. The molecule has 3 aromatic rings. The average Bonchev–Trinajstić information content (AvgIpc) is 2.53. The zero-order chi connectivity index (χ0) is 14.8. The normalized spacial score (nSPS) is 10.5. The summed E-state index contributed by atoms with van der Waals surface area (Å²) < 4.78 is 5.28. The molecule has 0 unspecified atom stereocenters. The Kier molecular flexibility index (Phi) is 3.21. The molecule has 0 saturated carbocycles. The van der Waals surface area contributed by atoms with E-state index in [1.165, 1.54) is 12.4 Å². The van der Waals surface area contributed by atoms with Crippen LogP contribution in [0.15, 0.2) is 58.0 Å². The van der Waals surface area contributed by atoms with Gasteiger partial charge < -0.3 is 4.42 Å². The summed E-state index contributed by atoms with van der Waals surface area (Å²) in [4.78, 5) is 27.8. The number of rotatable bonds is 2. The highest BCUT2D eigenvalue weighted by Crippen LogP contribution is 2.23. The van der Waals surface area contributed by atoms with Gasteiger partial charge in [0.25, 0.3) is 5.91 Å². The van der Waals surface area contributed by atoms with Crippen molar-refractivity contribution in [3.8, 4) is 11.1 Å². The van der Waals surface area contributed by atoms with E-state index in [0.717, 1.165) is 5.39 Å². The van der Waals surface area contributed by atoms with Crippen molar-refractivity contribution in [1.29, 1.82) is 0 Å². The second kappa shape index (κ2) is 5.18. The fourth-order valence-corrected chi connectivity index (χ4v) is 2.14. The molecule has 1 amide bonds. The lowest BCUT2D eigenvalue weighted by Gasteiger charge is -2.07. The summed E-state index contributed by atoms with van der Waals surface area (Å²) in [5.74, 6) is 4.63. The SMILES string of the molecule is NNC(=O)c1cnccc1-c1cc2ccccc2oc1=O. The molecule has 21 heavy (non-hydrogen) atoms. The molecule has 0 aliphatic heterocycles. The van der Waals surface area contributed by atoms with Gasteiger partial charge in [-0.1, -0.05) is 18.2 Å². The van der Waals surface area contributed by atoms with Crippen LogP contribution in [0.2, 0.25) is 0 Å². The molecule has 3 N–H and O–H groups in total.